The number of allylic oxidation sites excluding steroid dienone is 1. The molecule has 1 heterocycles. The average molecular weight is 216 g/mol. The van der Waals surface area contributed by atoms with Gasteiger partial charge >= 0.3 is 0 Å². The summed E-state index contributed by atoms with van der Waals surface area (Å²) >= 11 is 0. The van der Waals surface area contributed by atoms with Crippen LogP contribution in [0.5, 0.6) is 0 Å². The maximum Gasteiger partial charge on any atom is 0.243 e. The van der Waals surface area contributed by atoms with E-state index in [1.54, 1.807) is 12.3 Å². The van der Waals surface area contributed by atoms with Gasteiger partial charge in [-0.15, -0.1) is 0 Å². The number of hydrogen-bond acceptors (Lipinski definition) is 2. The van der Waals surface area contributed by atoms with Crippen LogP contribution >= 0.6 is 0 Å². The van der Waals surface area contributed by atoms with Crippen molar-refractivity contribution in [3.8, 4) is 0 Å². The molecule has 0 spiro atoms. The summed E-state index contributed by atoms with van der Waals surface area (Å²) < 4.78 is 0. The van der Waals surface area contributed by atoms with Crippen molar-refractivity contribution >= 4 is 17.0 Å². The number of H-pyrrole nitrogens is 1. The molecule has 0 unspecified atom stereocenters. The number of aromatic amines is 1. The lowest BCUT2D eigenvalue weighted by Gasteiger charge is -1.94. The highest BCUT2D eigenvalue weighted by Crippen LogP contribution is 2.21. The van der Waals surface area contributed by atoms with Crippen molar-refractivity contribution in [2.75, 3.05) is 0 Å². The van der Waals surface area contributed by atoms with E-state index in [-0.39, 0.29) is 10.6 Å². The third-order valence-electron chi connectivity index (χ3n) is 2.52. The first kappa shape index (κ1) is 10.4. The van der Waals surface area contributed by atoms with Crippen molar-refractivity contribution in [2.24, 2.45) is 0 Å². The number of nitro groups is 1. The van der Waals surface area contributed by atoms with Gasteiger partial charge in [0.15, 0.2) is 0 Å². The maximum atomic E-state index is 10.5. The van der Waals surface area contributed by atoms with E-state index in [1.165, 1.54) is 6.92 Å². The lowest BCUT2D eigenvalue weighted by molar-refractivity contribution is -0.422. The van der Waals surface area contributed by atoms with Crippen LogP contribution in [0.2, 0.25) is 0 Å². The van der Waals surface area contributed by atoms with Gasteiger partial charge in [0, 0.05) is 35.7 Å². The number of nitrogens with zero attached hydrogens (tertiary/aromatic N) is 1. The molecule has 0 amide bonds. The van der Waals surface area contributed by atoms with Gasteiger partial charge in [-0.2, -0.15) is 0 Å². The van der Waals surface area contributed by atoms with Crippen molar-refractivity contribution in [1.82, 2.24) is 4.98 Å². The second kappa shape index (κ2) is 3.81. The van der Waals surface area contributed by atoms with E-state index >= 15 is 0 Å². The zero-order valence-corrected chi connectivity index (χ0v) is 9.15. The van der Waals surface area contributed by atoms with Crippen LogP contribution in [-0.4, -0.2) is 9.91 Å². The van der Waals surface area contributed by atoms with Crippen molar-refractivity contribution in [2.45, 2.75) is 13.8 Å². The molecule has 0 aliphatic rings. The smallest absolute Gasteiger partial charge is 0.243 e. The van der Waals surface area contributed by atoms with E-state index in [4.69, 9.17) is 0 Å². The van der Waals surface area contributed by atoms with Gasteiger partial charge in [-0.25, -0.2) is 0 Å². The highest BCUT2D eigenvalue weighted by molar-refractivity contribution is 5.89. The Kier molecular flexibility index (Phi) is 2.48. The summed E-state index contributed by atoms with van der Waals surface area (Å²) in [5.74, 6) is 0. The summed E-state index contributed by atoms with van der Waals surface area (Å²) in [7, 11) is 0. The molecular formula is C12H12N2O2. The summed E-state index contributed by atoms with van der Waals surface area (Å²) in [6, 6.07) is 5.99. The summed E-state index contributed by atoms with van der Waals surface area (Å²) in [6.45, 7) is 3.51. The van der Waals surface area contributed by atoms with Crippen LogP contribution in [-0.2, 0) is 0 Å². The first-order valence-corrected chi connectivity index (χ1v) is 4.98. The Morgan fingerprint density at radius 2 is 2.25 bits per heavy atom. The molecule has 4 nitrogen and oxygen atoms in total. The standard InChI is InChI=1S/C12H12N2O2/c1-8-3-4-11-10(6-9(2)14(15)16)7-13-12(11)5-8/h3-7,13H,1-2H3/b9-6-. The normalized spacial score (nSPS) is 12.0. The van der Waals surface area contributed by atoms with E-state index in [0.717, 1.165) is 22.0 Å². The van der Waals surface area contributed by atoms with Gasteiger partial charge in [-0.1, -0.05) is 12.1 Å². The fourth-order valence-corrected chi connectivity index (χ4v) is 1.66. The van der Waals surface area contributed by atoms with Gasteiger partial charge in [0.2, 0.25) is 5.70 Å². The van der Waals surface area contributed by atoms with Gasteiger partial charge < -0.3 is 4.98 Å². The summed E-state index contributed by atoms with van der Waals surface area (Å²) in [6.07, 6.45) is 3.37. The molecule has 0 atom stereocenters. The number of rotatable bonds is 2. The summed E-state index contributed by atoms with van der Waals surface area (Å²) in [5.41, 5.74) is 3.16. The first-order chi connectivity index (χ1) is 7.58. The van der Waals surface area contributed by atoms with Crippen molar-refractivity contribution in [1.29, 1.82) is 0 Å². The number of fused-ring (bicyclic) bond motifs is 1. The second-order valence-corrected chi connectivity index (χ2v) is 3.84. The minimum atomic E-state index is -0.382. The highest BCUT2D eigenvalue weighted by Gasteiger charge is 2.06. The molecule has 1 N–H and O–H groups in total. The maximum absolute atomic E-state index is 10.5. The predicted molar refractivity (Wildman–Crippen MR) is 63.7 cm³/mol. The van der Waals surface area contributed by atoms with E-state index in [0.29, 0.717) is 0 Å². The minimum Gasteiger partial charge on any atom is -0.361 e. The molecule has 4 heteroatoms. The minimum absolute atomic E-state index is 0.140. The van der Waals surface area contributed by atoms with Gasteiger partial charge in [-0.3, -0.25) is 10.1 Å². The molecule has 0 radical (unpaired) electrons. The predicted octanol–water partition coefficient (Wildman–Crippen LogP) is 3.11. The Balaban J connectivity index is 2.55. The number of aryl methyl sites for hydroxylation is 1. The second-order valence-electron chi connectivity index (χ2n) is 3.84. The van der Waals surface area contributed by atoms with Crippen LogP contribution in [0, 0.1) is 17.0 Å². The number of aromatic nitrogens is 1. The molecular weight excluding hydrogens is 204 g/mol. The van der Waals surface area contributed by atoms with Crippen LogP contribution in [0.4, 0.5) is 0 Å². The molecule has 16 heavy (non-hydrogen) atoms. The first-order valence-electron chi connectivity index (χ1n) is 4.98. The zero-order chi connectivity index (χ0) is 11.7. The average Bonchev–Trinajstić information content (AvgIpc) is 2.60. The fraction of sp³-hybridized carbons (Fsp3) is 0.167. The van der Waals surface area contributed by atoms with E-state index in [1.807, 2.05) is 25.1 Å². The molecule has 0 saturated carbocycles. The van der Waals surface area contributed by atoms with Gasteiger partial charge in [-0.05, 0) is 18.6 Å². The molecule has 2 aromatic rings. The number of hydrogen-bond donors (Lipinski definition) is 1. The SMILES string of the molecule is C/C(=C/c1c[nH]c2cc(C)ccc12)[N+](=O)[O-]. The molecule has 1 aromatic carbocycles. The molecule has 0 aliphatic carbocycles. The van der Waals surface area contributed by atoms with Crippen LogP contribution in [0.3, 0.4) is 0 Å². The van der Waals surface area contributed by atoms with Gasteiger partial charge in [0.05, 0.1) is 4.92 Å². The van der Waals surface area contributed by atoms with Gasteiger partial charge in [0.1, 0.15) is 0 Å². The van der Waals surface area contributed by atoms with Crippen molar-refractivity contribution < 1.29 is 4.92 Å². The Morgan fingerprint density at radius 1 is 1.50 bits per heavy atom. The largest absolute Gasteiger partial charge is 0.361 e. The third-order valence-corrected chi connectivity index (χ3v) is 2.52. The Labute approximate surface area is 92.7 Å². The van der Waals surface area contributed by atoms with E-state index < -0.39 is 0 Å². The summed E-state index contributed by atoms with van der Waals surface area (Å²) in [4.78, 5) is 13.3. The summed E-state index contributed by atoms with van der Waals surface area (Å²) in [5, 5.41) is 11.5. The Bertz CT molecular complexity index is 582. The topological polar surface area (TPSA) is 58.9 Å². The fourth-order valence-electron chi connectivity index (χ4n) is 1.66. The Hall–Kier alpha value is -2.10. The zero-order valence-electron chi connectivity index (χ0n) is 9.15. The van der Waals surface area contributed by atoms with E-state index in [2.05, 4.69) is 4.98 Å². The quantitative estimate of drug-likeness (QED) is 0.619. The van der Waals surface area contributed by atoms with Crippen LogP contribution < -0.4 is 0 Å². The molecule has 0 aliphatic heterocycles. The highest BCUT2D eigenvalue weighted by atomic mass is 16.6. The van der Waals surface area contributed by atoms with Crippen molar-refractivity contribution in [3.05, 3.63) is 51.3 Å². The van der Waals surface area contributed by atoms with Crippen LogP contribution in [0.1, 0.15) is 18.1 Å². The third kappa shape index (κ3) is 1.82. The number of nitrogens with one attached hydrogen (secondary N) is 1. The lowest BCUT2D eigenvalue weighted by atomic mass is 10.1. The lowest BCUT2D eigenvalue weighted by Crippen LogP contribution is -1.92. The molecule has 0 bridgehead atoms. The molecule has 1 aromatic heterocycles. The van der Waals surface area contributed by atoms with Crippen LogP contribution in [0.25, 0.3) is 17.0 Å². The van der Waals surface area contributed by atoms with Crippen molar-refractivity contribution in [3.63, 3.8) is 0 Å². The molecule has 2 rings (SSSR count). The van der Waals surface area contributed by atoms with Crippen LogP contribution in [0.15, 0.2) is 30.1 Å². The molecule has 0 fully saturated rings. The van der Waals surface area contributed by atoms with E-state index in [9.17, 15) is 10.1 Å². The number of benzene rings is 1. The molecule has 82 valence electrons. The Morgan fingerprint density at radius 3 is 2.94 bits per heavy atom. The molecule has 0 saturated heterocycles. The monoisotopic (exact) mass is 216 g/mol. The van der Waals surface area contributed by atoms with Gasteiger partial charge in [0.25, 0.3) is 0 Å².